The van der Waals surface area contributed by atoms with Gasteiger partial charge >= 0.3 is 30.0 Å². The molecule has 0 aliphatic rings. The highest BCUT2D eigenvalue weighted by Crippen LogP contribution is 2.04. The molecule has 39 heavy (non-hydrogen) atoms. The zero-order valence-electron chi connectivity index (χ0n) is 22.3. The maximum absolute atomic E-state index is 12.7. The van der Waals surface area contributed by atoms with E-state index in [1.165, 1.54) is 13.8 Å². The molecule has 0 radical (unpaired) electrons. The number of esters is 4. The van der Waals surface area contributed by atoms with Crippen LogP contribution < -0.4 is 0 Å². The molecule has 0 rings (SSSR count). The summed E-state index contributed by atoms with van der Waals surface area (Å²) >= 11 is 0. The van der Waals surface area contributed by atoms with Crippen LogP contribution in [0.25, 0.3) is 0 Å². The quantitative estimate of drug-likeness (QED) is 0.115. The summed E-state index contributed by atoms with van der Waals surface area (Å²) in [4.78, 5) is 105. The number of carbonyl (C=O) groups excluding carboxylic acids is 9. The Labute approximate surface area is 224 Å². The van der Waals surface area contributed by atoms with Crippen LogP contribution in [0.4, 0.5) is 4.79 Å². The number of nitrogens with zero attached hydrogens (tertiary/aromatic N) is 1. The molecule has 0 bridgehead atoms. The molecule has 1 atom stereocenters. The molecule has 0 heterocycles. The van der Waals surface area contributed by atoms with Crippen molar-refractivity contribution in [3.05, 3.63) is 0 Å². The summed E-state index contributed by atoms with van der Waals surface area (Å²) < 4.78 is 24.8. The van der Waals surface area contributed by atoms with Gasteiger partial charge < -0.3 is 28.6 Å². The lowest BCUT2D eigenvalue weighted by molar-refractivity contribution is -0.163. The van der Waals surface area contributed by atoms with Crippen LogP contribution in [0.2, 0.25) is 0 Å². The maximum atomic E-state index is 12.7. The molecular formula is C24H33NO14. The molecule has 218 valence electrons. The molecule has 0 N–H and O–H groups in total. The van der Waals surface area contributed by atoms with Crippen molar-refractivity contribution in [3.63, 3.8) is 0 Å². The first kappa shape index (κ1) is 34.8. The molecule has 0 aliphatic carbocycles. The maximum Gasteiger partial charge on any atom is 0.410 e. The van der Waals surface area contributed by atoms with Crippen molar-refractivity contribution in [2.24, 2.45) is 0 Å². The van der Waals surface area contributed by atoms with E-state index in [4.69, 9.17) is 23.7 Å². The first-order chi connectivity index (χ1) is 18.2. The third-order valence-corrected chi connectivity index (χ3v) is 4.20. The fraction of sp³-hybridized carbons (Fsp3) is 0.625. The number of carbonyl (C=O) groups is 9. The molecule has 1 amide bonds. The Morgan fingerprint density at radius 2 is 0.872 bits per heavy atom. The topological polar surface area (TPSA) is 203 Å². The summed E-state index contributed by atoms with van der Waals surface area (Å²) in [6, 6.07) is 0. The second-order valence-corrected chi connectivity index (χ2v) is 8.31. The van der Waals surface area contributed by atoms with E-state index in [1.807, 2.05) is 0 Å². The van der Waals surface area contributed by atoms with Crippen molar-refractivity contribution >= 4 is 53.1 Å². The Balaban J connectivity index is 5.24. The summed E-state index contributed by atoms with van der Waals surface area (Å²) in [6.07, 6.45) is -4.43. The van der Waals surface area contributed by atoms with E-state index < -0.39 is 98.1 Å². The zero-order valence-corrected chi connectivity index (χ0v) is 22.3. The largest absolute Gasteiger partial charge is 0.463 e. The van der Waals surface area contributed by atoms with Gasteiger partial charge in [-0.15, -0.1) is 0 Å². The second kappa shape index (κ2) is 19.0. The Morgan fingerprint density at radius 1 is 0.513 bits per heavy atom. The van der Waals surface area contributed by atoms with E-state index >= 15 is 0 Å². The van der Waals surface area contributed by atoms with Crippen molar-refractivity contribution < 1.29 is 66.8 Å². The first-order valence-corrected chi connectivity index (χ1v) is 11.7. The van der Waals surface area contributed by atoms with Gasteiger partial charge in [0.05, 0.1) is 13.1 Å². The van der Waals surface area contributed by atoms with Gasteiger partial charge in [0.25, 0.3) is 0 Å². The molecule has 15 nitrogen and oxygen atoms in total. The molecular weight excluding hydrogens is 526 g/mol. The number of hydrogen-bond donors (Lipinski definition) is 0. The molecule has 15 heteroatoms. The monoisotopic (exact) mass is 559 g/mol. The number of amides is 1. The van der Waals surface area contributed by atoms with E-state index in [9.17, 15) is 43.2 Å². The minimum atomic E-state index is -1.33. The normalized spacial score (nSPS) is 10.9. The molecule has 0 spiro atoms. The average Bonchev–Trinajstić information content (AvgIpc) is 2.77. The summed E-state index contributed by atoms with van der Waals surface area (Å²) in [6.45, 7) is 2.27. The van der Waals surface area contributed by atoms with Gasteiger partial charge in [-0.3, -0.25) is 38.4 Å². The van der Waals surface area contributed by atoms with Gasteiger partial charge in [0, 0.05) is 0 Å². The van der Waals surface area contributed by atoms with Crippen LogP contribution in [0.3, 0.4) is 0 Å². The average molecular weight is 560 g/mol. The summed E-state index contributed by atoms with van der Waals surface area (Å²) in [5.41, 5.74) is 0. The van der Waals surface area contributed by atoms with Gasteiger partial charge in [0.2, 0.25) is 0 Å². The molecule has 0 saturated carbocycles. The molecule has 1 unspecified atom stereocenters. The lowest BCUT2D eigenvalue weighted by Crippen LogP contribution is -2.40. The molecule has 0 fully saturated rings. The number of hydrogen-bond acceptors (Lipinski definition) is 14. The number of rotatable bonds is 19. The van der Waals surface area contributed by atoms with Crippen molar-refractivity contribution in [1.29, 1.82) is 0 Å². The van der Waals surface area contributed by atoms with Crippen LogP contribution in [-0.4, -0.2) is 104 Å². The molecule has 0 aliphatic heterocycles. The van der Waals surface area contributed by atoms with Crippen LogP contribution in [0.15, 0.2) is 0 Å². The first-order valence-electron chi connectivity index (χ1n) is 11.7. The van der Waals surface area contributed by atoms with Crippen molar-refractivity contribution in [2.45, 2.75) is 59.5 Å². The fourth-order valence-electron chi connectivity index (χ4n) is 2.58. The van der Waals surface area contributed by atoms with Gasteiger partial charge in [-0.25, -0.2) is 4.79 Å². The highest BCUT2D eigenvalue weighted by Gasteiger charge is 2.23. The SMILES string of the molecule is CC(=O)CC(=O)OCCN(CCOC(=O)CC(C)=O)C(=O)OCC(COC(=O)CC(C)=O)OC(=O)CC(C)=O. The Bertz CT molecular complexity index is 907. The van der Waals surface area contributed by atoms with Crippen molar-refractivity contribution in [2.75, 3.05) is 39.5 Å². The number of ether oxygens (including phenoxy) is 5. The minimum absolute atomic E-state index is 0.255. The van der Waals surface area contributed by atoms with Gasteiger partial charge in [0.15, 0.2) is 6.10 Å². The lowest BCUT2D eigenvalue weighted by atomic mass is 10.3. The van der Waals surface area contributed by atoms with E-state index in [1.54, 1.807) is 0 Å². The van der Waals surface area contributed by atoms with Crippen LogP contribution in [0.1, 0.15) is 53.4 Å². The van der Waals surface area contributed by atoms with Gasteiger partial charge in [-0.05, 0) is 27.7 Å². The van der Waals surface area contributed by atoms with E-state index in [0.29, 0.717) is 0 Å². The lowest BCUT2D eigenvalue weighted by Gasteiger charge is -2.24. The molecule has 0 aromatic heterocycles. The smallest absolute Gasteiger partial charge is 0.410 e. The summed E-state index contributed by atoms with van der Waals surface area (Å²) in [5, 5.41) is 0. The van der Waals surface area contributed by atoms with Crippen LogP contribution in [0, 0.1) is 0 Å². The summed E-state index contributed by atoms with van der Waals surface area (Å²) in [7, 11) is 0. The van der Waals surface area contributed by atoms with Gasteiger partial charge in [0.1, 0.15) is 75.2 Å². The number of Topliss-reactive ketones (excluding diaryl/α,β-unsaturated/α-hetero) is 4. The van der Waals surface area contributed by atoms with E-state index in [0.717, 1.165) is 18.7 Å². The van der Waals surface area contributed by atoms with E-state index in [2.05, 4.69) is 0 Å². The van der Waals surface area contributed by atoms with Crippen molar-refractivity contribution in [3.8, 4) is 0 Å². The van der Waals surface area contributed by atoms with Crippen LogP contribution in [0.5, 0.6) is 0 Å². The van der Waals surface area contributed by atoms with Crippen molar-refractivity contribution in [1.82, 2.24) is 4.90 Å². The third-order valence-electron chi connectivity index (χ3n) is 4.20. The highest BCUT2D eigenvalue weighted by molar-refractivity contribution is 5.95. The molecule has 0 saturated heterocycles. The van der Waals surface area contributed by atoms with E-state index in [-0.39, 0.29) is 26.3 Å². The Morgan fingerprint density at radius 3 is 1.28 bits per heavy atom. The predicted octanol–water partition coefficient (Wildman–Crippen LogP) is -0.117. The van der Waals surface area contributed by atoms with Crippen LogP contribution in [-0.2, 0) is 62.0 Å². The van der Waals surface area contributed by atoms with Gasteiger partial charge in [-0.2, -0.15) is 0 Å². The van der Waals surface area contributed by atoms with Crippen LogP contribution >= 0.6 is 0 Å². The summed E-state index contributed by atoms with van der Waals surface area (Å²) in [5.74, 6) is -5.37. The second-order valence-electron chi connectivity index (χ2n) is 8.31. The molecule has 0 aromatic carbocycles. The fourth-order valence-corrected chi connectivity index (χ4v) is 2.58. The molecule has 0 aromatic rings. The highest BCUT2D eigenvalue weighted by atomic mass is 16.6. The predicted molar refractivity (Wildman–Crippen MR) is 127 cm³/mol. The number of ketones is 4. The van der Waals surface area contributed by atoms with Gasteiger partial charge in [-0.1, -0.05) is 0 Å². The minimum Gasteiger partial charge on any atom is -0.463 e. The zero-order chi connectivity index (χ0) is 30.0. The third kappa shape index (κ3) is 19.6. The standard InChI is InChI=1S/C24H33NO14/c1-15(26)9-20(30)35-7-5-25(6-8-36-21(31)10-16(2)27)24(34)38-14-19(39-23(33)12-18(4)29)13-37-22(32)11-17(3)28/h19H,5-14H2,1-4H3. The Kier molecular flexibility index (Phi) is 17.0. The Hall–Kier alpha value is -4.17.